The monoisotopic (exact) mass is 245 g/mol. The standard InChI is InChI=1S/C12H27N3O2/c1-4-6-8-13-10-12(3,15(16)17)11-14-9-7-5-2/h13-14H,4-11H2,1-3H3. The Morgan fingerprint density at radius 1 is 1.06 bits per heavy atom. The second-order valence-corrected chi connectivity index (χ2v) is 4.81. The van der Waals surface area contributed by atoms with Crippen molar-refractivity contribution in [2.24, 2.45) is 0 Å². The highest BCUT2D eigenvalue weighted by Gasteiger charge is 2.35. The van der Waals surface area contributed by atoms with Gasteiger partial charge in [-0.2, -0.15) is 0 Å². The summed E-state index contributed by atoms with van der Waals surface area (Å²) in [6.45, 7) is 8.49. The molecule has 0 aromatic carbocycles. The van der Waals surface area contributed by atoms with Gasteiger partial charge in [0.25, 0.3) is 0 Å². The molecule has 0 aromatic rings. The summed E-state index contributed by atoms with van der Waals surface area (Å²) in [6.07, 6.45) is 4.35. The summed E-state index contributed by atoms with van der Waals surface area (Å²) < 4.78 is 0. The van der Waals surface area contributed by atoms with E-state index in [1.807, 2.05) is 0 Å². The Balaban J connectivity index is 3.94. The van der Waals surface area contributed by atoms with Crippen molar-refractivity contribution in [3.63, 3.8) is 0 Å². The second-order valence-electron chi connectivity index (χ2n) is 4.81. The summed E-state index contributed by atoms with van der Waals surface area (Å²) >= 11 is 0. The molecule has 0 saturated heterocycles. The maximum absolute atomic E-state index is 11.1. The topological polar surface area (TPSA) is 67.2 Å². The molecular formula is C12H27N3O2. The van der Waals surface area contributed by atoms with E-state index < -0.39 is 5.54 Å². The number of hydrogen-bond donors (Lipinski definition) is 2. The Morgan fingerprint density at radius 3 is 1.76 bits per heavy atom. The second kappa shape index (κ2) is 9.36. The van der Waals surface area contributed by atoms with Gasteiger partial charge >= 0.3 is 0 Å². The van der Waals surface area contributed by atoms with E-state index in [0.717, 1.165) is 38.8 Å². The first-order valence-corrected chi connectivity index (χ1v) is 6.62. The van der Waals surface area contributed by atoms with Crippen molar-refractivity contribution in [3.8, 4) is 0 Å². The highest BCUT2D eigenvalue weighted by Crippen LogP contribution is 2.06. The minimum atomic E-state index is -0.901. The lowest BCUT2D eigenvalue weighted by molar-refractivity contribution is -0.560. The quantitative estimate of drug-likeness (QED) is 0.331. The van der Waals surface area contributed by atoms with Crippen LogP contribution in [-0.4, -0.2) is 36.6 Å². The van der Waals surface area contributed by atoms with Gasteiger partial charge in [-0.05, 0) is 25.9 Å². The van der Waals surface area contributed by atoms with E-state index in [0.29, 0.717) is 13.1 Å². The van der Waals surface area contributed by atoms with Crippen molar-refractivity contribution < 1.29 is 4.92 Å². The smallest absolute Gasteiger partial charge is 0.243 e. The molecule has 0 rings (SSSR count). The van der Waals surface area contributed by atoms with E-state index in [4.69, 9.17) is 0 Å². The number of nitrogens with zero attached hydrogens (tertiary/aromatic N) is 1. The molecule has 0 radical (unpaired) electrons. The zero-order chi connectivity index (χ0) is 13.1. The SMILES string of the molecule is CCCCNCC(C)(CNCCCC)[N+](=O)[O-]. The van der Waals surface area contributed by atoms with Crippen molar-refractivity contribution >= 4 is 0 Å². The van der Waals surface area contributed by atoms with Crippen LogP contribution in [0.25, 0.3) is 0 Å². The van der Waals surface area contributed by atoms with Crippen LogP contribution in [0.15, 0.2) is 0 Å². The van der Waals surface area contributed by atoms with Crippen molar-refractivity contribution in [1.82, 2.24) is 10.6 Å². The first kappa shape index (κ1) is 16.3. The highest BCUT2D eigenvalue weighted by atomic mass is 16.6. The molecule has 0 aliphatic heterocycles. The Bertz CT molecular complexity index is 198. The molecule has 5 heteroatoms. The van der Waals surface area contributed by atoms with E-state index in [9.17, 15) is 10.1 Å². The Labute approximate surface area is 105 Å². The number of rotatable bonds is 11. The van der Waals surface area contributed by atoms with Crippen LogP contribution in [0.3, 0.4) is 0 Å². The summed E-state index contributed by atoms with van der Waals surface area (Å²) in [5.41, 5.74) is -0.901. The van der Waals surface area contributed by atoms with Crippen molar-refractivity contribution in [3.05, 3.63) is 10.1 Å². The highest BCUT2D eigenvalue weighted by molar-refractivity contribution is 4.79. The molecule has 0 spiro atoms. The van der Waals surface area contributed by atoms with Crippen molar-refractivity contribution in [2.75, 3.05) is 26.2 Å². The van der Waals surface area contributed by atoms with Gasteiger partial charge in [-0.25, -0.2) is 0 Å². The summed E-state index contributed by atoms with van der Waals surface area (Å²) in [6, 6.07) is 0. The molecule has 0 bridgehead atoms. The average molecular weight is 245 g/mol. The first-order chi connectivity index (χ1) is 8.06. The molecule has 0 aliphatic rings. The van der Waals surface area contributed by atoms with Crippen LogP contribution in [0.4, 0.5) is 0 Å². The molecule has 0 fully saturated rings. The van der Waals surface area contributed by atoms with E-state index in [-0.39, 0.29) is 4.92 Å². The van der Waals surface area contributed by atoms with E-state index in [1.165, 1.54) is 0 Å². The van der Waals surface area contributed by atoms with Gasteiger partial charge in [-0.1, -0.05) is 26.7 Å². The van der Waals surface area contributed by atoms with Crippen LogP contribution in [0.1, 0.15) is 46.5 Å². The molecule has 0 unspecified atom stereocenters. The van der Waals surface area contributed by atoms with Crippen molar-refractivity contribution in [2.45, 2.75) is 52.0 Å². The van der Waals surface area contributed by atoms with Crippen LogP contribution in [0.5, 0.6) is 0 Å². The fourth-order valence-corrected chi connectivity index (χ4v) is 1.51. The maximum atomic E-state index is 11.1. The van der Waals surface area contributed by atoms with Gasteiger partial charge < -0.3 is 10.6 Å². The molecule has 0 heterocycles. The van der Waals surface area contributed by atoms with E-state index in [2.05, 4.69) is 24.5 Å². The largest absolute Gasteiger partial charge is 0.310 e. The van der Waals surface area contributed by atoms with Crippen LogP contribution < -0.4 is 10.6 Å². The molecular weight excluding hydrogens is 218 g/mol. The molecule has 0 aromatic heterocycles. The first-order valence-electron chi connectivity index (χ1n) is 6.62. The summed E-state index contributed by atoms with van der Waals surface area (Å²) in [5.74, 6) is 0. The predicted octanol–water partition coefficient (Wildman–Crippen LogP) is 1.80. The average Bonchev–Trinajstić information content (AvgIpc) is 2.30. The Morgan fingerprint density at radius 2 is 1.47 bits per heavy atom. The molecule has 0 amide bonds. The fraction of sp³-hybridized carbons (Fsp3) is 1.00. The van der Waals surface area contributed by atoms with Gasteiger partial charge in [0.1, 0.15) is 0 Å². The van der Waals surface area contributed by atoms with E-state index >= 15 is 0 Å². The third-order valence-electron chi connectivity index (χ3n) is 2.87. The van der Waals surface area contributed by atoms with Gasteiger partial charge in [0, 0.05) is 11.8 Å². The molecule has 0 saturated carbocycles. The number of nitrogens with one attached hydrogen (secondary N) is 2. The number of hydrogen-bond acceptors (Lipinski definition) is 4. The van der Waals surface area contributed by atoms with Gasteiger partial charge in [0.2, 0.25) is 5.54 Å². The van der Waals surface area contributed by atoms with Gasteiger partial charge in [0.05, 0.1) is 13.1 Å². The fourth-order valence-electron chi connectivity index (χ4n) is 1.51. The lowest BCUT2D eigenvalue weighted by Crippen LogP contribution is -2.52. The normalized spacial score (nSPS) is 11.7. The molecule has 102 valence electrons. The van der Waals surface area contributed by atoms with Crippen LogP contribution in [0, 0.1) is 10.1 Å². The summed E-state index contributed by atoms with van der Waals surface area (Å²) in [4.78, 5) is 10.9. The lowest BCUT2D eigenvalue weighted by atomic mass is 10.0. The Hall–Kier alpha value is -0.680. The van der Waals surface area contributed by atoms with Gasteiger partial charge in [-0.3, -0.25) is 10.1 Å². The van der Waals surface area contributed by atoms with E-state index in [1.54, 1.807) is 6.92 Å². The summed E-state index contributed by atoms with van der Waals surface area (Å²) in [5, 5.41) is 17.4. The van der Waals surface area contributed by atoms with Crippen LogP contribution >= 0.6 is 0 Å². The van der Waals surface area contributed by atoms with Crippen LogP contribution in [0.2, 0.25) is 0 Å². The predicted molar refractivity (Wildman–Crippen MR) is 71.0 cm³/mol. The molecule has 0 aliphatic carbocycles. The van der Waals surface area contributed by atoms with Crippen molar-refractivity contribution in [1.29, 1.82) is 0 Å². The Kier molecular flexibility index (Phi) is 8.99. The molecule has 5 nitrogen and oxygen atoms in total. The minimum absolute atomic E-state index is 0.176. The van der Waals surface area contributed by atoms with Gasteiger partial charge in [-0.15, -0.1) is 0 Å². The molecule has 2 N–H and O–H groups in total. The maximum Gasteiger partial charge on any atom is 0.243 e. The number of unbranched alkanes of at least 4 members (excludes halogenated alkanes) is 2. The van der Waals surface area contributed by atoms with Crippen LogP contribution in [-0.2, 0) is 0 Å². The molecule has 0 atom stereocenters. The number of nitro groups is 1. The lowest BCUT2D eigenvalue weighted by Gasteiger charge is -2.22. The zero-order valence-corrected chi connectivity index (χ0v) is 11.4. The minimum Gasteiger partial charge on any atom is -0.310 e. The van der Waals surface area contributed by atoms with Gasteiger partial charge in [0.15, 0.2) is 0 Å². The third-order valence-corrected chi connectivity index (χ3v) is 2.87. The summed E-state index contributed by atoms with van der Waals surface area (Å²) in [7, 11) is 0. The zero-order valence-electron chi connectivity index (χ0n) is 11.4. The molecule has 17 heavy (non-hydrogen) atoms. The third kappa shape index (κ3) is 7.28.